The number of halogens is 1. The summed E-state index contributed by atoms with van der Waals surface area (Å²) in [6.07, 6.45) is 1.98. The maximum Gasteiger partial charge on any atom is 0.191 e. The molecule has 0 N–H and O–H groups in total. The van der Waals surface area contributed by atoms with Gasteiger partial charge in [0.2, 0.25) is 0 Å². The highest BCUT2D eigenvalue weighted by molar-refractivity contribution is 7.99. The molecule has 0 aliphatic carbocycles. The maximum absolute atomic E-state index is 12.4. The van der Waals surface area contributed by atoms with Crippen molar-refractivity contribution in [3.05, 3.63) is 56.7 Å². The van der Waals surface area contributed by atoms with E-state index in [2.05, 4.69) is 0 Å². The van der Waals surface area contributed by atoms with Gasteiger partial charge in [-0.3, -0.25) is 4.79 Å². The van der Waals surface area contributed by atoms with Crippen molar-refractivity contribution in [2.45, 2.75) is 4.90 Å². The molecule has 0 bridgehead atoms. The topological polar surface area (TPSA) is 17.1 Å². The standard InChI is InChI=1S/C14H9ClOS2/c15-10-3-4-13-12(7-10)14(16)9(8-18-13)6-11-2-1-5-17-11/h1-7H,8H2/b9-6-. The maximum atomic E-state index is 12.4. The lowest BCUT2D eigenvalue weighted by molar-refractivity contribution is 0.103. The SMILES string of the molecule is O=C1/C(=C\c2cccs2)CSc2ccc(Cl)cc21. The molecule has 4 heteroatoms. The van der Waals surface area contributed by atoms with E-state index in [4.69, 9.17) is 11.6 Å². The third-order valence-electron chi connectivity index (χ3n) is 2.72. The summed E-state index contributed by atoms with van der Waals surface area (Å²) >= 11 is 9.28. The molecule has 2 aromatic rings. The average molecular weight is 293 g/mol. The molecule has 0 saturated heterocycles. The lowest BCUT2D eigenvalue weighted by Crippen LogP contribution is -2.12. The molecule has 1 nitrogen and oxygen atoms in total. The van der Waals surface area contributed by atoms with Crippen LogP contribution in [0.5, 0.6) is 0 Å². The fourth-order valence-corrected chi connectivity index (χ4v) is 3.70. The van der Waals surface area contributed by atoms with Gasteiger partial charge in [-0.1, -0.05) is 17.7 Å². The van der Waals surface area contributed by atoms with Crippen LogP contribution in [0, 0.1) is 0 Å². The first kappa shape index (κ1) is 12.0. The highest BCUT2D eigenvalue weighted by Crippen LogP contribution is 2.35. The van der Waals surface area contributed by atoms with Crippen LogP contribution in [0.3, 0.4) is 0 Å². The summed E-state index contributed by atoms with van der Waals surface area (Å²) in [5.41, 5.74) is 1.57. The molecule has 1 aliphatic heterocycles. The molecule has 18 heavy (non-hydrogen) atoms. The van der Waals surface area contributed by atoms with Crippen molar-refractivity contribution >= 4 is 46.6 Å². The molecule has 3 rings (SSSR count). The van der Waals surface area contributed by atoms with Crippen molar-refractivity contribution in [3.63, 3.8) is 0 Å². The molecule has 1 aromatic heterocycles. The van der Waals surface area contributed by atoms with Gasteiger partial charge in [0.15, 0.2) is 5.78 Å². The average Bonchev–Trinajstić information content (AvgIpc) is 2.86. The van der Waals surface area contributed by atoms with Crippen molar-refractivity contribution in [2.75, 3.05) is 5.75 Å². The molecule has 0 amide bonds. The number of rotatable bonds is 1. The summed E-state index contributed by atoms with van der Waals surface area (Å²) < 4.78 is 0. The Balaban J connectivity index is 2.01. The van der Waals surface area contributed by atoms with E-state index < -0.39 is 0 Å². The first-order valence-electron chi connectivity index (χ1n) is 5.45. The van der Waals surface area contributed by atoms with E-state index in [1.54, 1.807) is 29.2 Å². The molecule has 0 atom stereocenters. The Kier molecular flexibility index (Phi) is 3.29. The van der Waals surface area contributed by atoms with Gasteiger partial charge in [-0.25, -0.2) is 0 Å². The largest absolute Gasteiger partial charge is 0.289 e. The fourth-order valence-electron chi connectivity index (χ4n) is 1.85. The quantitative estimate of drug-likeness (QED) is 0.704. The van der Waals surface area contributed by atoms with Crippen LogP contribution in [0.1, 0.15) is 15.2 Å². The number of Topliss-reactive ketones (excluding diaryl/α,β-unsaturated/α-hetero) is 1. The zero-order valence-electron chi connectivity index (χ0n) is 9.35. The summed E-state index contributed by atoms with van der Waals surface area (Å²) in [4.78, 5) is 14.5. The van der Waals surface area contributed by atoms with Gasteiger partial charge >= 0.3 is 0 Å². The number of benzene rings is 1. The van der Waals surface area contributed by atoms with Crippen molar-refractivity contribution in [1.29, 1.82) is 0 Å². The third-order valence-corrected chi connectivity index (χ3v) is 4.90. The number of fused-ring (bicyclic) bond motifs is 1. The zero-order valence-corrected chi connectivity index (χ0v) is 11.7. The molecular weight excluding hydrogens is 284 g/mol. The summed E-state index contributed by atoms with van der Waals surface area (Å²) in [6, 6.07) is 9.51. The van der Waals surface area contributed by atoms with Gasteiger partial charge in [0, 0.05) is 31.7 Å². The predicted octanol–water partition coefficient (Wildman–Crippen LogP) is 4.77. The van der Waals surface area contributed by atoms with E-state index in [0.29, 0.717) is 5.02 Å². The Morgan fingerprint density at radius 2 is 2.17 bits per heavy atom. The minimum Gasteiger partial charge on any atom is -0.289 e. The fraction of sp³-hybridized carbons (Fsp3) is 0.0714. The van der Waals surface area contributed by atoms with Gasteiger partial charge in [-0.15, -0.1) is 23.1 Å². The lowest BCUT2D eigenvalue weighted by Gasteiger charge is -2.16. The summed E-state index contributed by atoms with van der Waals surface area (Å²) in [7, 11) is 0. The highest BCUT2D eigenvalue weighted by Gasteiger charge is 2.22. The molecular formula is C14H9ClOS2. The van der Waals surface area contributed by atoms with Crippen LogP contribution in [-0.4, -0.2) is 11.5 Å². The number of carbonyl (C=O) groups is 1. The number of carbonyl (C=O) groups excluding carboxylic acids is 1. The number of hydrogen-bond donors (Lipinski definition) is 0. The Labute approximate surface area is 118 Å². The molecule has 1 aromatic carbocycles. The van der Waals surface area contributed by atoms with Gasteiger partial charge in [0.25, 0.3) is 0 Å². The molecule has 2 heterocycles. The van der Waals surface area contributed by atoms with Crippen molar-refractivity contribution < 1.29 is 4.79 Å². The Bertz CT molecular complexity index is 629. The van der Waals surface area contributed by atoms with E-state index >= 15 is 0 Å². The Hall–Kier alpha value is -1.03. The number of thioether (sulfide) groups is 1. The van der Waals surface area contributed by atoms with Gasteiger partial charge in [-0.05, 0) is 35.7 Å². The van der Waals surface area contributed by atoms with Crippen LogP contribution in [0.25, 0.3) is 6.08 Å². The molecule has 0 fully saturated rings. The minimum absolute atomic E-state index is 0.0969. The van der Waals surface area contributed by atoms with Crippen LogP contribution in [0.15, 0.2) is 46.2 Å². The first-order chi connectivity index (χ1) is 8.74. The second-order valence-corrected chi connectivity index (χ2v) is 6.38. The molecule has 0 radical (unpaired) electrons. The van der Waals surface area contributed by atoms with Crippen LogP contribution >= 0.6 is 34.7 Å². The van der Waals surface area contributed by atoms with E-state index in [9.17, 15) is 4.79 Å². The van der Waals surface area contributed by atoms with Gasteiger partial charge in [0.05, 0.1) is 0 Å². The lowest BCUT2D eigenvalue weighted by atomic mass is 10.0. The zero-order chi connectivity index (χ0) is 12.5. The van der Waals surface area contributed by atoms with Crippen molar-refractivity contribution in [1.82, 2.24) is 0 Å². The van der Waals surface area contributed by atoms with Crippen molar-refractivity contribution in [3.8, 4) is 0 Å². The summed E-state index contributed by atoms with van der Waals surface area (Å²) in [5, 5.41) is 2.62. The van der Waals surface area contributed by atoms with Crippen LogP contribution < -0.4 is 0 Å². The first-order valence-corrected chi connectivity index (χ1v) is 7.69. The van der Waals surface area contributed by atoms with Gasteiger partial charge in [-0.2, -0.15) is 0 Å². The third kappa shape index (κ3) is 2.26. The van der Waals surface area contributed by atoms with E-state index in [-0.39, 0.29) is 5.78 Å². The van der Waals surface area contributed by atoms with Gasteiger partial charge < -0.3 is 0 Å². The normalized spacial score (nSPS) is 16.9. The second kappa shape index (κ2) is 4.92. The second-order valence-electron chi connectivity index (χ2n) is 3.94. The molecule has 0 saturated carbocycles. The minimum atomic E-state index is 0.0969. The van der Waals surface area contributed by atoms with E-state index in [1.165, 1.54) is 0 Å². The summed E-state index contributed by atoms with van der Waals surface area (Å²) in [5.74, 6) is 0.824. The Morgan fingerprint density at radius 3 is 2.94 bits per heavy atom. The van der Waals surface area contributed by atoms with Crippen LogP contribution in [0.4, 0.5) is 0 Å². The Morgan fingerprint density at radius 1 is 1.28 bits per heavy atom. The van der Waals surface area contributed by atoms with Gasteiger partial charge in [0.1, 0.15) is 0 Å². The van der Waals surface area contributed by atoms with E-state index in [0.717, 1.165) is 26.7 Å². The number of thiophene rings is 1. The number of ketones is 1. The highest BCUT2D eigenvalue weighted by atomic mass is 35.5. The predicted molar refractivity (Wildman–Crippen MR) is 78.8 cm³/mol. The van der Waals surface area contributed by atoms with Crippen LogP contribution in [0.2, 0.25) is 5.02 Å². The van der Waals surface area contributed by atoms with Crippen LogP contribution in [-0.2, 0) is 0 Å². The molecule has 0 spiro atoms. The molecule has 1 aliphatic rings. The molecule has 0 unspecified atom stereocenters. The van der Waals surface area contributed by atoms with E-state index in [1.807, 2.05) is 35.7 Å². The summed E-state index contributed by atoms with van der Waals surface area (Å²) in [6.45, 7) is 0. The number of hydrogen-bond acceptors (Lipinski definition) is 3. The molecule has 90 valence electrons. The van der Waals surface area contributed by atoms with Crippen molar-refractivity contribution in [2.24, 2.45) is 0 Å². The monoisotopic (exact) mass is 292 g/mol. The smallest absolute Gasteiger partial charge is 0.191 e.